The lowest BCUT2D eigenvalue weighted by molar-refractivity contribution is -0.0555. The minimum absolute atomic E-state index is 0.195. The second kappa shape index (κ2) is 6.75. The van der Waals surface area contributed by atoms with Crippen LogP contribution in [0.4, 0.5) is 0 Å². The Hall–Kier alpha value is -1.56. The van der Waals surface area contributed by atoms with Crippen LogP contribution < -0.4 is 4.74 Å². The third kappa shape index (κ3) is 3.04. The van der Waals surface area contributed by atoms with Crippen LogP contribution in [0.5, 0.6) is 5.75 Å². The fraction of sp³-hybridized carbons (Fsp3) is 0.579. The van der Waals surface area contributed by atoms with Crippen molar-refractivity contribution >= 4 is 11.0 Å². The van der Waals surface area contributed by atoms with Gasteiger partial charge in [0.25, 0.3) is 0 Å². The number of furan rings is 1. The van der Waals surface area contributed by atoms with E-state index in [0.29, 0.717) is 12.5 Å². The second-order valence-corrected chi connectivity index (χ2v) is 6.89. The van der Waals surface area contributed by atoms with Crippen LogP contribution in [-0.2, 0) is 11.3 Å². The highest BCUT2D eigenvalue weighted by atomic mass is 16.5. The Morgan fingerprint density at radius 3 is 3.00 bits per heavy atom. The van der Waals surface area contributed by atoms with Crippen LogP contribution in [0.25, 0.3) is 11.0 Å². The number of hydrogen-bond acceptors (Lipinski definition) is 5. The highest BCUT2D eigenvalue weighted by molar-refractivity contribution is 5.79. The highest BCUT2D eigenvalue weighted by Crippen LogP contribution is 2.33. The number of aliphatic hydroxyl groups excluding tert-OH is 1. The van der Waals surface area contributed by atoms with Crippen molar-refractivity contribution in [2.75, 3.05) is 26.9 Å². The molecule has 1 saturated heterocycles. The van der Waals surface area contributed by atoms with Crippen LogP contribution >= 0.6 is 0 Å². The SMILES string of the molecule is COc1ccc2oc(CN3CCOC[C@@H]3[C@H]3CCC[C@H]3O)cc2c1. The quantitative estimate of drug-likeness (QED) is 0.934. The third-order valence-corrected chi connectivity index (χ3v) is 5.44. The van der Waals surface area contributed by atoms with Crippen molar-refractivity contribution < 1.29 is 19.0 Å². The summed E-state index contributed by atoms with van der Waals surface area (Å²) in [5.41, 5.74) is 0.886. The minimum Gasteiger partial charge on any atom is -0.497 e. The van der Waals surface area contributed by atoms with Crippen molar-refractivity contribution in [3.05, 3.63) is 30.0 Å². The van der Waals surface area contributed by atoms with E-state index >= 15 is 0 Å². The molecule has 4 rings (SSSR count). The summed E-state index contributed by atoms with van der Waals surface area (Å²) in [6, 6.07) is 8.24. The zero-order chi connectivity index (χ0) is 16.5. The van der Waals surface area contributed by atoms with Crippen molar-refractivity contribution in [2.45, 2.75) is 38.0 Å². The molecule has 0 bridgehead atoms. The Labute approximate surface area is 142 Å². The molecule has 0 unspecified atom stereocenters. The fourth-order valence-corrected chi connectivity index (χ4v) is 4.15. The molecule has 1 aliphatic carbocycles. The van der Waals surface area contributed by atoms with Crippen molar-refractivity contribution in [3.8, 4) is 5.75 Å². The predicted molar refractivity (Wildman–Crippen MR) is 91.1 cm³/mol. The molecule has 24 heavy (non-hydrogen) atoms. The molecule has 1 aromatic carbocycles. The topological polar surface area (TPSA) is 55.1 Å². The summed E-state index contributed by atoms with van der Waals surface area (Å²) in [6.45, 7) is 3.09. The fourth-order valence-electron chi connectivity index (χ4n) is 4.15. The first-order chi connectivity index (χ1) is 11.7. The van der Waals surface area contributed by atoms with Gasteiger partial charge in [-0.2, -0.15) is 0 Å². The average molecular weight is 331 g/mol. The Morgan fingerprint density at radius 1 is 1.29 bits per heavy atom. The van der Waals surface area contributed by atoms with Crippen LogP contribution in [0.15, 0.2) is 28.7 Å². The Morgan fingerprint density at radius 2 is 2.21 bits per heavy atom. The lowest BCUT2D eigenvalue weighted by Crippen LogP contribution is -2.50. The summed E-state index contributed by atoms with van der Waals surface area (Å²) in [6.07, 6.45) is 2.92. The monoisotopic (exact) mass is 331 g/mol. The molecule has 0 spiro atoms. The molecule has 1 aromatic heterocycles. The van der Waals surface area contributed by atoms with Gasteiger partial charge in [-0.1, -0.05) is 6.42 Å². The summed E-state index contributed by atoms with van der Waals surface area (Å²) < 4.78 is 17.0. The standard InChI is InChI=1S/C19H25NO4/c1-22-14-5-6-19-13(9-14)10-15(24-19)11-20-7-8-23-12-17(20)16-3-2-4-18(16)21/h5-6,9-10,16-18,21H,2-4,7-8,11-12H2,1H3/t16-,17-,18-/m1/s1. The molecule has 2 aliphatic rings. The molecule has 130 valence electrons. The van der Waals surface area contributed by atoms with E-state index < -0.39 is 0 Å². The molecule has 1 aliphatic heterocycles. The van der Waals surface area contributed by atoms with Crippen molar-refractivity contribution in [2.24, 2.45) is 5.92 Å². The largest absolute Gasteiger partial charge is 0.497 e. The number of nitrogens with zero attached hydrogens (tertiary/aromatic N) is 1. The maximum absolute atomic E-state index is 10.3. The van der Waals surface area contributed by atoms with Crippen LogP contribution in [-0.4, -0.2) is 49.0 Å². The maximum Gasteiger partial charge on any atom is 0.134 e. The molecule has 5 nitrogen and oxygen atoms in total. The van der Waals surface area contributed by atoms with Crippen LogP contribution in [0.1, 0.15) is 25.0 Å². The van der Waals surface area contributed by atoms with Gasteiger partial charge in [-0.3, -0.25) is 4.90 Å². The summed E-state index contributed by atoms with van der Waals surface area (Å²) in [4.78, 5) is 2.41. The van der Waals surface area contributed by atoms with Crippen molar-refractivity contribution in [1.29, 1.82) is 0 Å². The van der Waals surface area contributed by atoms with Gasteiger partial charge >= 0.3 is 0 Å². The maximum atomic E-state index is 10.3. The number of methoxy groups -OCH3 is 1. The average Bonchev–Trinajstić information content (AvgIpc) is 3.20. The minimum atomic E-state index is -0.195. The van der Waals surface area contributed by atoms with E-state index in [9.17, 15) is 5.11 Å². The Bertz CT molecular complexity index is 698. The van der Waals surface area contributed by atoms with Gasteiger partial charge in [0.05, 0.1) is 33.0 Å². The number of rotatable bonds is 4. The predicted octanol–water partition coefficient (Wildman–Crippen LogP) is 2.80. The molecule has 0 radical (unpaired) electrons. The smallest absolute Gasteiger partial charge is 0.134 e. The van der Waals surface area contributed by atoms with Crippen LogP contribution in [0.2, 0.25) is 0 Å². The molecule has 2 fully saturated rings. The lowest BCUT2D eigenvalue weighted by Gasteiger charge is -2.39. The first-order valence-corrected chi connectivity index (χ1v) is 8.81. The zero-order valence-electron chi connectivity index (χ0n) is 14.1. The normalized spacial score (nSPS) is 28.5. The molecule has 2 heterocycles. The molecular weight excluding hydrogens is 306 g/mol. The van der Waals surface area contributed by atoms with Gasteiger partial charge in [-0.15, -0.1) is 0 Å². The summed E-state index contributed by atoms with van der Waals surface area (Å²) >= 11 is 0. The first kappa shape index (κ1) is 15.9. The van der Waals surface area contributed by atoms with E-state index in [1.165, 1.54) is 0 Å². The van der Waals surface area contributed by atoms with E-state index in [2.05, 4.69) is 11.0 Å². The van der Waals surface area contributed by atoms with Crippen molar-refractivity contribution in [3.63, 3.8) is 0 Å². The number of hydrogen-bond donors (Lipinski definition) is 1. The highest BCUT2D eigenvalue weighted by Gasteiger charge is 2.37. The summed E-state index contributed by atoms with van der Waals surface area (Å²) in [7, 11) is 1.67. The van der Waals surface area contributed by atoms with E-state index in [0.717, 1.165) is 61.4 Å². The number of morpholine rings is 1. The van der Waals surface area contributed by atoms with Gasteiger partial charge in [0.1, 0.15) is 17.1 Å². The molecule has 3 atom stereocenters. The Kier molecular flexibility index (Phi) is 4.48. The number of fused-ring (bicyclic) bond motifs is 1. The molecule has 0 amide bonds. The summed E-state index contributed by atoms with van der Waals surface area (Å²) in [5, 5.41) is 11.3. The lowest BCUT2D eigenvalue weighted by atomic mass is 9.94. The molecular formula is C19H25NO4. The molecule has 1 saturated carbocycles. The van der Waals surface area contributed by atoms with E-state index in [4.69, 9.17) is 13.9 Å². The second-order valence-electron chi connectivity index (χ2n) is 6.89. The molecule has 1 N–H and O–H groups in total. The first-order valence-electron chi connectivity index (χ1n) is 8.81. The van der Waals surface area contributed by atoms with Gasteiger partial charge in [0.15, 0.2) is 0 Å². The van der Waals surface area contributed by atoms with E-state index in [1.807, 2.05) is 18.2 Å². The zero-order valence-corrected chi connectivity index (χ0v) is 14.1. The number of ether oxygens (including phenoxy) is 2. The van der Waals surface area contributed by atoms with Crippen LogP contribution in [0.3, 0.4) is 0 Å². The Balaban J connectivity index is 1.53. The van der Waals surface area contributed by atoms with Gasteiger partial charge in [-0.05, 0) is 37.1 Å². The van der Waals surface area contributed by atoms with E-state index in [1.54, 1.807) is 7.11 Å². The van der Waals surface area contributed by atoms with E-state index in [-0.39, 0.29) is 12.1 Å². The van der Waals surface area contributed by atoms with Crippen molar-refractivity contribution in [1.82, 2.24) is 4.90 Å². The molecule has 2 aromatic rings. The number of benzene rings is 1. The summed E-state index contributed by atoms with van der Waals surface area (Å²) in [5.74, 6) is 2.11. The van der Waals surface area contributed by atoms with Gasteiger partial charge in [0.2, 0.25) is 0 Å². The van der Waals surface area contributed by atoms with Crippen LogP contribution in [0, 0.1) is 5.92 Å². The third-order valence-electron chi connectivity index (χ3n) is 5.44. The van der Waals surface area contributed by atoms with Gasteiger partial charge < -0.3 is 19.0 Å². The van der Waals surface area contributed by atoms with Gasteiger partial charge in [-0.25, -0.2) is 0 Å². The number of aliphatic hydroxyl groups is 1. The van der Waals surface area contributed by atoms with Gasteiger partial charge in [0, 0.05) is 23.9 Å². The molecule has 5 heteroatoms.